The number of halogens is 2. The van der Waals surface area contributed by atoms with Gasteiger partial charge in [0.2, 0.25) is 5.88 Å². The van der Waals surface area contributed by atoms with Crippen LogP contribution >= 0.6 is 22.9 Å². The number of aliphatic imine (C=N–C) groups is 1. The second-order valence-electron chi connectivity index (χ2n) is 5.36. The van der Waals surface area contributed by atoms with E-state index in [9.17, 15) is 14.3 Å². The van der Waals surface area contributed by atoms with Crippen molar-refractivity contribution in [2.75, 3.05) is 0 Å². The van der Waals surface area contributed by atoms with E-state index in [0.29, 0.717) is 10.6 Å². The van der Waals surface area contributed by atoms with Gasteiger partial charge in [-0.15, -0.1) is 0 Å². The standard InChI is InChI=1S/C18H10ClFN2O2S/c19-13-8-11(5-6-14(13)20)22-17(23)16(25-18(22)24)7-10-9-21-15-4-2-1-3-12(10)15/h1-9,23H. The number of benzene rings is 2. The van der Waals surface area contributed by atoms with E-state index in [0.717, 1.165) is 38.8 Å². The maximum atomic E-state index is 13.3. The summed E-state index contributed by atoms with van der Waals surface area (Å²) in [6.07, 6.45) is 3.39. The number of aromatic hydroxyl groups is 1. The second kappa shape index (κ2) is 5.98. The molecule has 0 atom stereocenters. The van der Waals surface area contributed by atoms with Crippen LogP contribution in [0, 0.1) is 5.82 Å². The SMILES string of the molecule is O=c1sc(C=C2C=Nc3ccccc32)c(O)n1-c1ccc(F)c(Cl)c1. The largest absolute Gasteiger partial charge is 0.493 e. The van der Waals surface area contributed by atoms with Gasteiger partial charge in [-0.1, -0.05) is 41.1 Å². The molecule has 1 aromatic heterocycles. The van der Waals surface area contributed by atoms with Gasteiger partial charge in [-0.2, -0.15) is 0 Å². The first-order valence-corrected chi connectivity index (χ1v) is 8.49. The second-order valence-corrected chi connectivity index (χ2v) is 6.77. The van der Waals surface area contributed by atoms with Crippen molar-refractivity contribution >= 4 is 46.5 Å². The zero-order chi connectivity index (χ0) is 17.6. The molecule has 1 aliphatic heterocycles. The minimum atomic E-state index is -0.589. The molecule has 0 bridgehead atoms. The van der Waals surface area contributed by atoms with Crippen LogP contribution in [0.5, 0.6) is 5.88 Å². The smallest absolute Gasteiger partial charge is 0.315 e. The fraction of sp³-hybridized carbons (Fsp3) is 0. The first-order chi connectivity index (χ1) is 12.0. The Hall–Kier alpha value is -2.70. The van der Waals surface area contributed by atoms with E-state index in [-0.39, 0.29) is 10.9 Å². The summed E-state index contributed by atoms with van der Waals surface area (Å²) in [5.74, 6) is -0.808. The van der Waals surface area contributed by atoms with Crippen molar-refractivity contribution in [2.24, 2.45) is 4.99 Å². The Labute approximate surface area is 150 Å². The van der Waals surface area contributed by atoms with E-state index < -0.39 is 10.7 Å². The Bertz CT molecular complexity index is 1110. The summed E-state index contributed by atoms with van der Waals surface area (Å²) in [6, 6.07) is 11.4. The normalized spacial score (nSPS) is 14.2. The quantitative estimate of drug-likeness (QED) is 0.711. The van der Waals surface area contributed by atoms with Crippen molar-refractivity contribution in [1.29, 1.82) is 0 Å². The zero-order valence-electron chi connectivity index (χ0n) is 12.6. The van der Waals surface area contributed by atoms with E-state index >= 15 is 0 Å². The summed E-state index contributed by atoms with van der Waals surface area (Å²) >= 11 is 6.66. The van der Waals surface area contributed by atoms with Crippen molar-refractivity contribution in [3.05, 3.63) is 73.4 Å². The Morgan fingerprint density at radius 3 is 2.84 bits per heavy atom. The number of fused-ring (bicyclic) bond motifs is 1. The highest BCUT2D eigenvalue weighted by Crippen LogP contribution is 2.35. The number of aromatic nitrogens is 1. The Morgan fingerprint density at radius 1 is 1.24 bits per heavy atom. The molecule has 2 heterocycles. The van der Waals surface area contributed by atoms with Gasteiger partial charge in [0.05, 0.1) is 21.3 Å². The van der Waals surface area contributed by atoms with Gasteiger partial charge in [0.15, 0.2) is 0 Å². The molecule has 1 aliphatic rings. The van der Waals surface area contributed by atoms with E-state index in [1.807, 2.05) is 24.3 Å². The molecule has 2 aromatic carbocycles. The van der Waals surface area contributed by atoms with Crippen LogP contribution in [-0.2, 0) is 0 Å². The third-order valence-corrected chi connectivity index (χ3v) is 4.98. The zero-order valence-corrected chi connectivity index (χ0v) is 14.2. The fourth-order valence-corrected chi connectivity index (χ4v) is 3.64. The summed E-state index contributed by atoms with van der Waals surface area (Å²) in [7, 11) is 0. The number of allylic oxidation sites excluding steroid dienone is 1. The topological polar surface area (TPSA) is 54.6 Å². The average molecular weight is 373 g/mol. The minimum Gasteiger partial charge on any atom is -0.493 e. The summed E-state index contributed by atoms with van der Waals surface area (Å²) in [6.45, 7) is 0. The van der Waals surface area contributed by atoms with Gasteiger partial charge in [0, 0.05) is 17.4 Å². The van der Waals surface area contributed by atoms with Gasteiger partial charge >= 0.3 is 4.87 Å². The highest BCUT2D eigenvalue weighted by atomic mass is 35.5. The van der Waals surface area contributed by atoms with Gasteiger partial charge in [-0.05, 0) is 30.3 Å². The van der Waals surface area contributed by atoms with Crippen LogP contribution in [-0.4, -0.2) is 15.9 Å². The van der Waals surface area contributed by atoms with Gasteiger partial charge in [0.1, 0.15) is 5.82 Å². The van der Waals surface area contributed by atoms with E-state index in [1.54, 1.807) is 12.3 Å². The van der Waals surface area contributed by atoms with Crippen LogP contribution in [0.25, 0.3) is 17.3 Å². The Kier molecular flexibility index (Phi) is 3.78. The summed E-state index contributed by atoms with van der Waals surface area (Å²) < 4.78 is 14.4. The van der Waals surface area contributed by atoms with Crippen molar-refractivity contribution in [2.45, 2.75) is 0 Å². The molecule has 0 fully saturated rings. The van der Waals surface area contributed by atoms with Crippen LogP contribution in [0.15, 0.2) is 52.3 Å². The lowest BCUT2D eigenvalue weighted by Gasteiger charge is -2.05. The molecule has 0 spiro atoms. The van der Waals surface area contributed by atoms with E-state index in [2.05, 4.69) is 4.99 Å². The molecule has 0 radical (unpaired) electrons. The molecule has 0 unspecified atom stereocenters. The van der Waals surface area contributed by atoms with Crippen LogP contribution in [0.2, 0.25) is 5.02 Å². The number of para-hydroxylation sites is 1. The third kappa shape index (κ3) is 2.69. The predicted octanol–water partition coefficient (Wildman–Crippen LogP) is 4.65. The molecule has 0 saturated carbocycles. The van der Waals surface area contributed by atoms with Gasteiger partial charge in [0.25, 0.3) is 0 Å². The van der Waals surface area contributed by atoms with E-state index in [1.165, 1.54) is 12.1 Å². The minimum absolute atomic E-state index is 0.119. The molecular formula is C18H10ClFN2O2S. The predicted molar refractivity (Wildman–Crippen MR) is 99.0 cm³/mol. The molecule has 4 rings (SSSR count). The van der Waals surface area contributed by atoms with Crippen molar-refractivity contribution < 1.29 is 9.50 Å². The monoisotopic (exact) mass is 372 g/mol. The van der Waals surface area contributed by atoms with Crippen molar-refractivity contribution in [1.82, 2.24) is 4.57 Å². The number of thiazole rings is 1. The van der Waals surface area contributed by atoms with Crippen molar-refractivity contribution in [3.8, 4) is 11.6 Å². The van der Waals surface area contributed by atoms with Crippen LogP contribution in [0.4, 0.5) is 10.1 Å². The molecule has 4 nitrogen and oxygen atoms in total. The number of hydrogen-bond acceptors (Lipinski definition) is 4. The molecule has 0 saturated heterocycles. The fourth-order valence-electron chi connectivity index (χ4n) is 2.62. The lowest BCUT2D eigenvalue weighted by atomic mass is 10.1. The summed E-state index contributed by atoms with van der Waals surface area (Å²) in [5, 5.41) is 10.4. The van der Waals surface area contributed by atoms with Crippen LogP contribution in [0.1, 0.15) is 10.4 Å². The number of hydrogen-bond donors (Lipinski definition) is 1. The maximum absolute atomic E-state index is 13.3. The summed E-state index contributed by atoms with van der Waals surface area (Å²) in [4.78, 5) is 16.6. The average Bonchev–Trinajstić information content (AvgIpc) is 3.12. The summed E-state index contributed by atoms with van der Waals surface area (Å²) in [5.41, 5.74) is 2.87. The molecule has 1 N–H and O–H groups in total. The molecule has 124 valence electrons. The van der Waals surface area contributed by atoms with Gasteiger partial charge < -0.3 is 5.11 Å². The maximum Gasteiger partial charge on any atom is 0.315 e. The van der Waals surface area contributed by atoms with E-state index in [4.69, 9.17) is 11.6 Å². The lowest BCUT2D eigenvalue weighted by molar-refractivity contribution is 0.440. The van der Waals surface area contributed by atoms with Crippen LogP contribution < -0.4 is 4.87 Å². The van der Waals surface area contributed by atoms with Crippen LogP contribution in [0.3, 0.4) is 0 Å². The third-order valence-electron chi connectivity index (χ3n) is 3.82. The van der Waals surface area contributed by atoms with Crippen molar-refractivity contribution in [3.63, 3.8) is 0 Å². The highest BCUT2D eigenvalue weighted by Gasteiger charge is 2.18. The molecular weight excluding hydrogens is 363 g/mol. The Balaban J connectivity index is 1.82. The highest BCUT2D eigenvalue weighted by molar-refractivity contribution is 7.10. The number of rotatable bonds is 2. The Morgan fingerprint density at radius 2 is 2.04 bits per heavy atom. The molecule has 7 heteroatoms. The van der Waals surface area contributed by atoms with Gasteiger partial charge in [-0.3, -0.25) is 9.79 Å². The first kappa shape index (κ1) is 15.8. The first-order valence-electron chi connectivity index (χ1n) is 7.30. The molecule has 25 heavy (non-hydrogen) atoms. The lowest BCUT2D eigenvalue weighted by Crippen LogP contribution is -2.09. The number of nitrogens with zero attached hydrogens (tertiary/aromatic N) is 2. The molecule has 0 aliphatic carbocycles. The van der Waals surface area contributed by atoms with Gasteiger partial charge in [-0.25, -0.2) is 8.96 Å². The molecule has 3 aromatic rings. The molecule has 0 amide bonds.